The van der Waals surface area contributed by atoms with Gasteiger partial charge in [0.15, 0.2) is 0 Å². The van der Waals surface area contributed by atoms with E-state index in [0.717, 1.165) is 25.7 Å². The zero-order valence-corrected chi connectivity index (χ0v) is 51.6. The standard InChI is InChI=1S/C79H82BN3/c1-51-41-71-73-72(42-51)82(67-37-32-58(75(5,6)7)46-62(67)53-27-19-15-20-28-53)70-48-60(83-68-38-33-59(76(8,9)10)47-63(68)79(56-29-21-16-22-30-56)40-24-23-39-78(79,83)13)34-35-64(70)80(73)65-43-54-49-77(11,12)50-55(54)44-69(65)81(71)66-36-31-57(74(2,3)4)45-61(66)52-25-17-14-18-26-52/h14-22,25-38,41-48H,23-24,39-40,49-50H2,1-13H3. The fourth-order valence-corrected chi connectivity index (χ4v) is 16.1. The quantitative estimate of drug-likeness (QED) is 0.154. The minimum absolute atomic E-state index is 0.00181. The molecule has 0 saturated heterocycles. The molecule has 0 spiro atoms. The molecular weight excluding hydrogens is 1000 g/mol. The Morgan fingerprint density at radius 3 is 1.45 bits per heavy atom. The van der Waals surface area contributed by atoms with Crippen molar-refractivity contribution in [2.45, 2.75) is 156 Å². The van der Waals surface area contributed by atoms with Crippen LogP contribution in [0.15, 0.2) is 188 Å². The lowest BCUT2D eigenvalue weighted by atomic mass is 9.33. The molecular formula is C79H82BN3. The van der Waals surface area contributed by atoms with Crippen LogP contribution >= 0.6 is 0 Å². The first-order chi connectivity index (χ1) is 39.5. The predicted molar refractivity (Wildman–Crippen MR) is 356 cm³/mol. The molecule has 0 amide bonds. The predicted octanol–water partition coefficient (Wildman–Crippen LogP) is 19.2. The number of hydrogen-bond donors (Lipinski definition) is 0. The van der Waals surface area contributed by atoms with E-state index in [1.54, 1.807) is 0 Å². The third-order valence-corrected chi connectivity index (χ3v) is 20.2. The molecule has 14 rings (SSSR count). The van der Waals surface area contributed by atoms with Crippen molar-refractivity contribution in [1.82, 2.24) is 0 Å². The largest absolute Gasteiger partial charge is 0.334 e. The normalized spacial score (nSPS) is 19.4. The van der Waals surface area contributed by atoms with Gasteiger partial charge in [-0.3, -0.25) is 0 Å². The van der Waals surface area contributed by atoms with Crippen molar-refractivity contribution < 1.29 is 0 Å². The van der Waals surface area contributed by atoms with Crippen LogP contribution in [0.4, 0.5) is 45.5 Å². The molecule has 9 aromatic carbocycles. The Bertz CT molecular complexity index is 4060. The maximum Gasteiger partial charge on any atom is 0.252 e. The molecule has 416 valence electrons. The van der Waals surface area contributed by atoms with Gasteiger partial charge in [-0.05, 0) is 194 Å². The second-order valence-electron chi connectivity index (χ2n) is 29.5. The number of nitrogens with zero attached hydrogens (tertiary/aromatic N) is 3. The van der Waals surface area contributed by atoms with Gasteiger partial charge < -0.3 is 14.7 Å². The molecule has 2 aliphatic carbocycles. The van der Waals surface area contributed by atoms with Crippen LogP contribution in [0.2, 0.25) is 0 Å². The van der Waals surface area contributed by atoms with E-state index in [9.17, 15) is 0 Å². The highest BCUT2D eigenvalue weighted by Crippen LogP contribution is 2.64. The van der Waals surface area contributed by atoms with Crippen LogP contribution < -0.4 is 31.1 Å². The fourth-order valence-electron chi connectivity index (χ4n) is 16.1. The van der Waals surface area contributed by atoms with Crippen molar-refractivity contribution in [2.24, 2.45) is 5.41 Å². The molecule has 3 aliphatic heterocycles. The zero-order chi connectivity index (χ0) is 57.8. The summed E-state index contributed by atoms with van der Waals surface area (Å²) in [4.78, 5) is 8.23. The van der Waals surface area contributed by atoms with E-state index in [4.69, 9.17) is 0 Å². The Morgan fingerprint density at radius 2 is 0.904 bits per heavy atom. The van der Waals surface area contributed by atoms with Crippen LogP contribution in [-0.2, 0) is 34.5 Å². The van der Waals surface area contributed by atoms with Gasteiger partial charge in [-0.2, -0.15) is 0 Å². The molecule has 0 aromatic heterocycles. The van der Waals surface area contributed by atoms with Crippen molar-refractivity contribution >= 4 is 68.6 Å². The summed E-state index contributed by atoms with van der Waals surface area (Å²) in [6, 6.07) is 74.3. The summed E-state index contributed by atoms with van der Waals surface area (Å²) in [5.41, 5.74) is 29.9. The van der Waals surface area contributed by atoms with Gasteiger partial charge in [0.05, 0.1) is 16.9 Å². The van der Waals surface area contributed by atoms with Crippen LogP contribution in [0.25, 0.3) is 22.3 Å². The Morgan fingerprint density at radius 1 is 0.422 bits per heavy atom. The van der Waals surface area contributed by atoms with Crippen LogP contribution in [-0.4, -0.2) is 12.3 Å². The molecule has 4 heteroatoms. The lowest BCUT2D eigenvalue weighted by Gasteiger charge is -2.52. The van der Waals surface area contributed by atoms with E-state index in [1.807, 2.05) is 0 Å². The van der Waals surface area contributed by atoms with E-state index < -0.39 is 0 Å². The SMILES string of the molecule is Cc1cc2c3c(c1)N(c1ccc(C(C)(C)C)cc1-c1ccccc1)c1cc4c(cc1B3c1ccc(N3c5ccc(C(C)(C)C)cc5C5(c6ccccc6)CCCCC35C)cc1N2c1ccc(C(C)(C)C)cc1-c1ccccc1)CC(C)(C)C4. The Balaban J connectivity index is 1.08. The second-order valence-corrected chi connectivity index (χ2v) is 29.5. The highest BCUT2D eigenvalue weighted by atomic mass is 15.3. The van der Waals surface area contributed by atoms with Gasteiger partial charge in [0.2, 0.25) is 0 Å². The number of hydrogen-bond acceptors (Lipinski definition) is 3. The average molecular weight is 1080 g/mol. The molecule has 5 aliphatic rings. The lowest BCUT2D eigenvalue weighted by Crippen LogP contribution is -2.61. The Hall–Kier alpha value is -7.56. The smallest absolute Gasteiger partial charge is 0.252 e. The van der Waals surface area contributed by atoms with Gasteiger partial charge >= 0.3 is 0 Å². The van der Waals surface area contributed by atoms with Gasteiger partial charge in [-0.25, -0.2) is 0 Å². The van der Waals surface area contributed by atoms with Gasteiger partial charge in [-0.1, -0.05) is 216 Å². The van der Waals surface area contributed by atoms with Crippen molar-refractivity contribution in [1.29, 1.82) is 0 Å². The van der Waals surface area contributed by atoms with Gasteiger partial charge in [0.1, 0.15) is 0 Å². The summed E-state index contributed by atoms with van der Waals surface area (Å²) in [7, 11) is 0. The highest BCUT2D eigenvalue weighted by molar-refractivity contribution is 7.00. The van der Waals surface area contributed by atoms with Crippen LogP contribution in [0.5, 0.6) is 0 Å². The number of fused-ring (bicyclic) bond motifs is 8. The number of benzene rings is 9. The molecule has 1 saturated carbocycles. The number of anilines is 8. The van der Waals surface area contributed by atoms with Crippen molar-refractivity contribution in [3.05, 3.63) is 233 Å². The van der Waals surface area contributed by atoms with E-state index in [1.165, 1.54) is 141 Å². The monoisotopic (exact) mass is 1080 g/mol. The first-order valence-electron chi connectivity index (χ1n) is 31.0. The summed E-state index contributed by atoms with van der Waals surface area (Å²) in [5, 5.41) is 0. The molecule has 2 atom stereocenters. The zero-order valence-electron chi connectivity index (χ0n) is 51.6. The van der Waals surface area contributed by atoms with Gasteiger partial charge in [0, 0.05) is 50.7 Å². The Labute approximate surface area is 496 Å². The van der Waals surface area contributed by atoms with Crippen LogP contribution in [0.1, 0.15) is 153 Å². The molecule has 0 N–H and O–H groups in total. The van der Waals surface area contributed by atoms with Crippen molar-refractivity contribution in [3.8, 4) is 22.3 Å². The van der Waals surface area contributed by atoms with Crippen LogP contribution in [0.3, 0.4) is 0 Å². The molecule has 0 bridgehead atoms. The molecule has 2 unspecified atom stereocenters. The highest BCUT2D eigenvalue weighted by Gasteiger charge is 2.61. The number of rotatable bonds is 6. The summed E-state index contributed by atoms with van der Waals surface area (Å²) >= 11 is 0. The molecule has 1 fully saturated rings. The van der Waals surface area contributed by atoms with Crippen LogP contribution in [0, 0.1) is 12.3 Å². The van der Waals surface area contributed by atoms with E-state index in [-0.39, 0.29) is 39.3 Å². The first-order valence-corrected chi connectivity index (χ1v) is 31.0. The van der Waals surface area contributed by atoms with Gasteiger partial charge in [0.25, 0.3) is 6.71 Å². The minimum Gasteiger partial charge on any atom is -0.334 e. The molecule has 3 heterocycles. The van der Waals surface area contributed by atoms with Crippen molar-refractivity contribution in [2.75, 3.05) is 14.7 Å². The fraction of sp³-hybridized carbons (Fsp3) is 0.316. The van der Waals surface area contributed by atoms with Gasteiger partial charge in [-0.15, -0.1) is 0 Å². The third-order valence-electron chi connectivity index (χ3n) is 20.2. The maximum atomic E-state index is 2.83. The topological polar surface area (TPSA) is 9.72 Å². The summed E-state index contributed by atoms with van der Waals surface area (Å²) in [5.74, 6) is 0. The molecule has 0 radical (unpaired) electrons. The molecule has 3 nitrogen and oxygen atoms in total. The Kier molecular flexibility index (Phi) is 12.1. The van der Waals surface area contributed by atoms with E-state index in [0.29, 0.717) is 0 Å². The molecule has 83 heavy (non-hydrogen) atoms. The third kappa shape index (κ3) is 8.34. The summed E-state index contributed by atoms with van der Waals surface area (Å²) in [6.45, 7) is 31.0. The second kappa shape index (κ2) is 18.7. The first kappa shape index (κ1) is 53.5. The van der Waals surface area contributed by atoms with E-state index in [2.05, 4.69) is 293 Å². The summed E-state index contributed by atoms with van der Waals surface area (Å²) in [6.07, 6.45) is 6.72. The average Bonchev–Trinajstić information content (AvgIpc) is 1.94. The van der Waals surface area contributed by atoms with Crippen molar-refractivity contribution in [3.63, 3.8) is 0 Å². The summed E-state index contributed by atoms with van der Waals surface area (Å²) < 4.78 is 0. The number of aryl methyl sites for hydroxylation is 1. The van der Waals surface area contributed by atoms with E-state index >= 15 is 0 Å². The maximum absolute atomic E-state index is 2.83. The minimum atomic E-state index is -0.241. The lowest BCUT2D eigenvalue weighted by molar-refractivity contribution is 0.215. The molecule has 9 aromatic rings.